The third-order valence-electron chi connectivity index (χ3n) is 6.18. The second-order valence-corrected chi connectivity index (χ2v) is 7.63. The van der Waals surface area contributed by atoms with Crippen LogP contribution in [0.4, 0.5) is 11.8 Å². The number of hydrogen-bond donors (Lipinski definition) is 2. The molecule has 0 radical (unpaired) electrons. The van der Waals surface area contributed by atoms with Crippen molar-refractivity contribution in [2.75, 3.05) is 18.1 Å². The lowest BCUT2D eigenvalue weighted by Crippen LogP contribution is -2.53. The largest absolute Gasteiger partial charge is 0.492 e. The van der Waals surface area contributed by atoms with E-state index < -0.39 is 0 Å². The van der Waals surface area contributed by atoms with Gasteiger partial charge in [0.1, 0.15) is 11.6 Å². The maximum Gasteiger partial charge on any atom is 0.222 e. The minimum Gasteiger partial charge on any atom is -0.492 e. The van der Waals surface area contributed by atoms with Crippen molar-refractivity contribution >= 4 is 22.7 Å². The zero-order valence-electron chi connectivity index (χ0n) is 13.7. The van der Waals surface area contributed by atoms with Crippen molar-refractivity contribution in [3.05, 3.63) is 18.2 Å². The number of ether oxygens (including phenoxy) is 1. The molecule has 1 aromatic carbocycles. The highest BCUT2D eigenvalue weighted by Crippen LogP contribution is 2.61. The molecular weight excluding hydrogens is 288 g/mol. The molecule has 2 aromatic rings. The molecule has 3 aliphatic rings. The van der Waals surface area contributed by atoms with Crippen LogP contribution in [0.2, 0.25) is 0 Å². The summed E-state index contributed by atoms with van der Waals surface area (Å²) < 4.78 is 6.17. The predicted octanol–water partition coefficient (Wildman–Crippen LogP) is 3.25. The van der Waals surface area contributed by atoms with Crippen LogP contribution in [-0.2, 0) is 0 Å². The van der Waals surface area contributed by atoms with Crippen molar-refractivity contribution in [2.45, 2.75) is 33.1 Å². The highest BCUT2D eigenvalue weighted by Gasteiger charge is 2.54. The molecule has 1 aromatic heterocycles. The van der Waals surface area contributed by atoms with E-state index in [1.807, 2.05) is 18.2 Å². The lowest BCUT2D eigenvalue weighted by atomic mass is 9.46. The maximum absolute atomic E-state index is 6.17. The van der Waals surface area contributed by atoms with Gasteiger partial charge in [-0.3, -0.25) is 0 Å². The van der Waals surface area contributed by atoms with Crippen LogP contribution in [0, 0.1) is 23.2 Å². The van der Waals surface area contributed by atoms with Gasteiger partial charge in [0, 0.05) is 0 Å². The van der Waals surface area contributed by atoms with Gasteiger partial charge in [-0.1, -0.05) is 19.9 Å². The number of benzene rings is 1. The fraction of sp³-hybridized carbons (Fsp3) is 0.556. The van der Waals surface area contributed by atoms with E-state index in [0.717, 1.165) is 35.1 Å². The van der Waals surface area contributed by atoms with E-state index in [1.165, 1.54) is 19.3 Å². The van der Waals surface area contributed by atoms with Crippen LogP contribution in [0.5, 0.6) is 5.75 Å². The Morgan fingerprint density at radius 3 is 2.78 bits per heavy atom. The van der Waals surface area contributed by atoms with Gasteiger partial charge in [-0.15, -0.1) is 0 Å². The molecule has 2 bridgehead atoms. The summed E-state index contributed by atoms with van der Waals surface area (Å²) in [5.74, 6) is 3.66. The summed E-state index contributed by atoms with van der Waals surface area (Å²) in [5, 5.41) is 0.767. The Kier molecular flexibility index (Phi) is 3.15. The second-order valence-electron chi connectivity index (χ2n) is 7.63. The van der Waals surface area contributed by atoms with Crippen molar-refractivity contribution in [1.29, 1.82) is 0 Å². The highest BCUT2D eigenvalue weighted by atomic mass is 16.5. The van der Waals surface area contributed by atoms with Crippen LogP contribution in [0.3, 0.4) is 0 Å². The Hall–Kier alpha value is -2.04. The van der Waals surface area contributed by atoms with E-state index in [4.69, 9.17) is 16.2 Å². The van der Waals surface area contributed by atoms with Gasteiger partial charge in [0.25, 0.3) is 0 Å². The number of aromatic nitrogens is 2. The van der Waals surface area contributed by atoms with E-state index in [0.29, 0.717) is 17.2 Å². The molecule has 5 rings (SSSR count). The number of rotatable bonds is 3. The van der Waals surface area contributed by atoms with Gasteiger partial charge in [0.2, 0.25) is 5.95 Å². The first-order valence-electron chi connectivity index (χ1n) is 8.41. The number of nitrogens with zero attached hydrogens (tertiary/aromatic N) is 2. The minimum absolute atomic E-state index is 0.196. The van der Waals surface area contributed by atoms with Gasteiger partial charge in [-0.2, -0.15) is 4.98 Å². The number of anilines is 2. The van der Waals surface area contributed by atoms with Crippen molar-refractivity contribution in [1.82, 2.24) is 9.97 Å². The van der Waals surface area contributed by atoms with Gasteiger partial charge in [0.15, 0.2) is 0 Å². The zero-order valence-corrected chi connectivity index (χ0v) is 13.7. The van der Waals surface area contributed by atoms with Crippen LogP contribution >= 0.6 is 0 Å². The maximum atomic E-state index is 6.17. The molecule has 1 heterocycles. The van der Waals surface area contributed by atoms with Crippen LogP contribution in [0.1, 0.15) is 33.1 Å². The quantitative estimate of drug-likeness (QED) is 0.908. The van der Waals surface area contributed by atoms with Gasteiger partial charge in [-0.05, 0) is 54.6 Å². The molecule has 0 unspecified atom stereocenters. The number of nitrogens with two attached hydrogens (primary N) is 2. The fourth-order valence-electron chi connectivity index (χ4n) is 4.68. The van der Waals surface area contributed by atoms with Crippen molar-refractivity contribution in [2.24, 2.45) is 23.2 Å². The zero-order chi connectivity index (χ0) is 16.2. The Labute approximate surface area is 136 Å². The molecule has 3 atom stereocenters. The van der Waals surface area contributed by atoms with Gasteiger partial charge in [0.05, 0.1) is 17.5 Å². The van der Waals surface area contributed by atoms with Crippen LogP contribution in [0.15, 0.2) is 18.2 Å². The molecule has 0 amide bonds. The normalized spacial score (nSPS) is 28.3. The summed E-state index contributed by atoms with van der Waals surface area (Å²) in [4.78, 5) is 8.31. The number of nitrogen functional groups attached to an aromatic ring is 2. The van der Waals surface area contributed by atoms with Crippen molar-refractivity contribution in [3.63, 3.8) is 0 Å². The van der Waals surface area contributed by atoms with E-state index in [-0.39, 0.29) is 5.95 Å². The topological polar surface area (TPSA) is 87.0 Å². The smallest absolute Gasteiger partial charge is 0.222 e. The molecule has 5 nitrogen and oxygen atoms in total. The first kappa shape index (κ1) is 14.5. The summed E-state index contributed by atoms with van der Waals surface area (Å²) >= 11 is 0. The summed E-state index contributed by atoms with van der Waals surface area (Å²) in [7, 11) is 0. The van der Waals surface area contributed by atoms with Gasteiger partial charge in [-0.25, -0.2) is 4.98 Å². The lowest BCUT2D eigenvalue weighted by Gasteiger charge is -2.60. The lowest BCUT2D eigenvalue weighted by molar-refractivity contribution is -0.114. The number of hydrogen-bond acceptors (Lipinski definition) is 5. The summed E-state index contributed by atoms with van der Waals surface area (Å²) in [6, 6.07) is 5.75. The molecule has 4 N–H and O–H groups in total. The summed E-state index contributed by atoms with van der Waals surface area (Å²) in [5.41, 5.74) is 12.9. The van der Waals surface area contributed by atoms with Crippen molar-refractivity contribution < 1.29 is 4.74 Å². The summed E-state index contributed by atoms with van der Waals surface area (Å²) in [6.45, 7) is 5.55. The molecule has 0 spiro atoms. The Morgan fingerprint density at radius 1 is 1.22 bits per heavy atom. The Morgan fingerprint density at radius 2 is 2.04 bits per heavy atom. The fourth-order valence-corrected chi connectivity index (χ4v) is 4.68. The molecule has 3 fully saturated rings. The van der Waals surface area contributed by atoms with E-state index in [1.54, 1.807) is 0 Å². The predicted molar refractivity (Wildman–Crippen MR) is 92.0 cm³/mol. The SMILES string of the molecule is CC1(C)[C@H]2CC[C@H](COc3cccc4nc(N)nc(N)c34)[C@H]1C2. The first-order chi connectivity index (χ1) is 11.0. The van der Waals surface area contributed by atoms with Crippen molar-refractivity contribution in [3.8, 4) is 5.75 Å². The highest BCUT2D eigenvalue weighted by molar-refractivity contribution is 5.94. The third kappa shape index (κ3) is 2.21. The Balaban J connectivity index is 1.57. The van der Waals surface area contributed by atoms with Gasteiger partial charge >= 0.3 is 0 Å². The van der Waals surface area contributed by atoms with Crippen LogP contribution in [-0.4, -0.2) is 16.6 Å². The molecule has 0 aliphatic heterocycles. The molecule has 0 saturated heterocycles. The molecule has 5 heteroatoms. The van der Waals surface area contributed by atoms with Crippen LogP contribution in [0.25, 0.3) is 10.9 Å². The number of fused-ring (bicyclic) bond motifs is 3. The molecule has 23 heavy (non-hydrogen) atoms. The first-order valence-corrected chi connectivity index (χ1v) is 8.41. The monoisotopic (exact) mass is 312 g/mol. The van der Waals surface area contributed by atoms with E-state index in [9.17, 15) is 0 Å². The van der Waals surface area contributed by atoms with Crippen LogP contribution < -0.4 is 16.2 Å². The molecule has 3 aliphatic carbocycles. The molecule has 122 valence electrons. The summed E-state index contributed by atoms with van der Waals surface area (Å²) in [6.07, 6.45) is 3.95. The third-order valence-corrected chi connectivity index (χ3v) is 6.18. The molecular formula is C18H24N4O. The van der Waals surface area contributed by atoms with E-state index >= 15 is 0 Å². The Bertz CT molecular complexity index is 756. The second kappa shape index (κ2) is 4.98. The van der Waals surface area contributed by atoms with E-state index in [2.05, 4.69) is 23.8 Å². The minimum atomic E-state index is 0.196. The average molecular weight is 312 g/mol. The van der Waals surface area contributed by atoms with Gasteiger partial charge < -0.3 is 16.2 Å². The standard InChI is InChI=1S/C18H24N4O/c1-18(2)11-7-6-10(12(18)8-11)9-23-14-5-3-4-13-15(14)16(19)22-17(20)21-13/h3-5,10-12H,6-9H2,1-2H3,(H4,19,20,21,22)/t10-,11+,12-/m1/s1. The molecule has 3 saturated carbocycles. The average Bonchev–Trinajstić information content (AvgIpc) is 2.52.